The van der Waals surface area contributed by atoms with Crippen molar-refractivity contribution in [1.82, 2.24) is 10.4 Å². The lowest BCUT2D eigenvalue weighted by atomic mass is 9.96. The molecule has 0 aromatic heterocycles. The van der Waals surface area contributed by atoms with Gasteiger partial charge in [0, 0.05) is 12.6 Å². The average molecular weight is 332 g/mol. The lowest BCUT2D eigenvalue weighted by molar-refractivity contribution is -0.185. The molecule has 4 heteroatoms. The van der Waals surface area contributed by atoms with Gasteiger partial charge in [0.15, 0.2) is 0 Å². The minimum absolute atomic E-state index is 0.219. The molecule has 2 rings (SSSR count). The Morgan fingerprint density at radius 2 is 1.75 bits per heavy atom. The molecule has 0 saturated carbocycles. The number of hydrogen-bond donors (Lipinski definition) is 2. The van der Waals surface area contributed by atoms with Gasteiger partial charge in [-0.15, -0.1) is 0 Å². The number of benzene rings is 1. The summed E-state index contributed by atoms with van der Waals surface area (Å²) < 4.78 is 6.02. The zero-order chi connectivity index (χ0) is 18.1. The normalized spacial score (nSPS) is 20.8. The molecule has 1 aromatic carbocycles. The Morgan fingerprint density at radius 3 is 2.25 bits per heavy atom. The van der Waals surface area contributed by atoms with Gasteiger partial charge >= 0.3 is 0 Å². The van der Waals surface area contributed by atoms with Gasteiger partial charge in [0.2, 0.25) is 0 Å². The topological polar surface area (TPSA) is 44.7 Å². The molecule has 0 bridgehead atoms. The summed E-state index contributed by atoms with van der Waals surface area (Å²) in [5.74, 6) is 0.981. The first kappa shape index (κ1) is 19.0. The van der Waals surface area contributed by atoms with Crippen molar-refractivity contribution < 1.29 is 9.94 Å². The van der Waals surface area contributed by atoms with Gasteiger partial charge in [0.1, 0.15) is 12.4 Å². The highest BCUT2D eigenvalue weighted by atomic mass is 16.5. The van der Waals surface area contributed by atoms with E-state index in [4.69, 9.17) is 4.74 Å². The van der Waals surface area contributed by atoms with Gasteiger partial charge < -0.3 is 15.3 Å². The van der Waals surface area contributed by atoms with Crippen LogP contribution in [0.25, 0.3) is 0 Å². The van der Waals surface area contributed by atoms with Gasteiger partial charge in [-0.1, -0.05) is 24.3 Å². The second kappa shape index (κ2) is 6.87. The second-order valence-corrected chi connectivity index (χ2v) is 8.01. The summed E-state index contributed by atoms with van der Waals surface area (Å²) in [7, 11) is 0. The smallest absolute Gasteiger partial charge is 0.125 e. The lowest BCUT2D eigenvalue weighted by Gasteiger charge is -2.36. The number of hydroxylamine groups is 2. The number of nitrogens with one attached hydrogen (secondary N) is 1. The zero-order valence-electron chi connectivity index (χ0n) is 16.1. The number of ether oxygens (including phenoxy) is 1. The van der Waals surface area contributed by atoms with E-state index >= 15 is 0 Å². The fraction of sp³-hybridized carbons (Fsp3) is 0.600. The SMILES string of the molecule is Cc1cccc(C)c1OCC(C)NCC1=CC(C)(C)N(O)C1(C)C. The molecule has 1 atom stereocenters. The van der Waals surface area contributed by atoms with Crippen LogP contribution in [0.2, 0.25) is 0 Å². The van der Waals surface area contributed by atoms with Crippen molar-refractivity contribution in [2.24, 2.45) is 0 Å². The first-order valence-corrected chi connectivity index (χ1v) is 8.69. The van der Waals surface area contributed by atoms with Crippen molar-refractivity contribution in [2.45, 2.75) is 65.6 Å². The number of rotatable bonds is 6. The first-order valence-electron chi connectivity index (χ1n) is 8.69. The van der Waals surface area contributed by atoms with E-state index in [0.717, 1.165) is 12.3 Å². The molecular weight excluding hydrogens is 300 g/mol. The van der Waals surface area contributed by atoms with E-state index in [1.165, 1.54) is 21.8 Å². The van der Waals surface area contributed by atoms with Crippen LogP contribution in [-0.4, -0.2) is 40.5 Å². The summed E-state index contributed by atoms with van der Waals surface area (Å²) in [5, 5.41) is 15.3. The third-order valence-corrected chi connectivity index (χ3v) is 4.92. The van der Waals surface area contributed by atoms with E-state index in [1.807, 2.05) is 27.7 Å². The molecule has 1 heterocycles. The van der Waals surface area contributed by atoms with Crippen LogP contribution in [0.3, 0.4) is 0 Å². The van der Waals surface area contributed by atoms with E-state index in [9.17, 15) is 5.21 Å². The average Bonchev–Trinajstić information content (AvgIpc) is 2.64. The molecule has 1 aliphatic rings. The predicted molar refractivity (Wildman–Crippen MR) is 98.7 cm³/mol. The molecule has 1 aliphatic heterocycles. The Hall–Kier alpha value is -1.36. The molecule has 0 saturated heterocycles. The molecule has 24 heavy (non-hydrogen) atoms. The molecule has 0 amide bonds. The molecule has 1 aromatic rings. The van der Waals surface area contributed by atoms with E-state index < -0.39 is 0 Å². The molecular formula is C20H32N2O2. The summed E-state index contributed by atoms with van der Waals surface area (Å²) in [5.41, 5.74) is 2.84. The lowest BCUT2D eigenvalue weighted by Crippen LogP contribution is -2.49. The Labute approximate surface area is 146 Å². The molecule has 2 N–H and O–H groups in total. The van der Waals surface area contributed by atoms with E-state index in [1.54, 1.807) is 0 Å². The highest BCUT2D eigenvalue weighted by Gasteiger charge is 2.44. The maximum Gasteiger partial charge on any atom is 0.125 e. The third-order valence-electron chi connectivity index (χ3n) is 4.92. The quantitative estimate of drug-likeness (QED) is 0.777. The van der Waals surface area contributed by atoms with Crippen LogP contribution >= 0.6 is 0 Å². The molecule has 0 radical (unpaired) electrons. The van der Waals surface area contributed by atoms with Gasteiger partial charge in [-0.2, -0.15) is 5.06 Å². The Kier molecular flexibility index (Phi) is 5.43. The second-order valence-electron chi connectivity index (χ2n) is 8.01. The maximum atomic E-state index is 10.4. The molecule has 0 fully saturated rings. The monoisotopic (exact) mass is 332 g/mol. The summed E-state index contributed by atoms with van der Waals surface area (Å²) >= 11 is 0. The van der Waals surface area contributed by atoms with Crippen LogP contribution in [0.1, 0.15) is 45.7 Å². The minimum atomic E-state index is -0.357. The van der Waals surface area contributed by atoms with E-state index in [-0.39, 0.29) is 17.1 Å². The summed E-state index contributed by atoms with van der Waals surface area (Å²) in [6.45, 7) is 15.8. The number of hydrogen-bond acceptors (Lipinski definition) is 4. The molecule has 1 unspecified atom stereocenters. The van der Waals surface area contributed by atoms with E-state index in [2.05, 4.69) is 50.4 Å². The number of aryl methyl sites for hydroxylation is 2. The van der Waals surface area contributed by atoms with Gasteiger partial charge in [-0.05, 0) is 65.2 Å². The van der Waals surface area contributed by atoms with Crippen molar-refractivity contribution in [2.75, 3.05) is 13.2 Å². The van der Waals surface area contributed by atoms with Crippen molar-refractivity contribution >= 4 is 0 Å². The summed E-state index contributed by atoms with van der Waals surface area (Å²) in [6.07, 6.45) is 2.15. The Bertz CT molecular complexity index is 600. The van der Waals surface area contributed by atoms with Gasteiger partial charge in [-0.25, -0.2) is 0 Å². The van der Waals surface area contributed by atoms with Crippen molar-refractivity contribution in [3.8, 4) is 5.75 Å². The van der Waals surface area contributed by atoms with Crippen LogP contribution < -0.4 is 10.1 Å². The highest BCUT2D eigenvalue weighted by Crippen LogP contribution is 2.37. The van der Waals surface area contributed by atoms with Crippen LogP contribution in [0.4, 0.5) is 0 Å². The van der Waals surface area contributed by atoms with Gasteiger partial charge in [-0.3, -0.25) is 0 Å². The van der Waals surface area contributed by atoms with Crippen LogP contribution in [0.5, 0.6) is 5.75 Å². The van der Waals surface area contributed by atoms with Crippen LogP contribution in [-0.2, 0) is 0 Å². The fourth-order valence-corrected chi connectivity index (χ4v) is 3.37. The number of nitrogens with zero attached hydrogens (tertiary/aromatic N) is 1. The van der Waals surface area contributed by atoms with Crippen molar-refractivity contribution in [3.63, 3.8) is 0 Å². The molecule has 0 spiro atoms. The van der Waals surface area contributed by atoms with Gasteiger partial charge in [0.05, 0.1) is 11.1 Å². The number of para-hydroxylation sites is 1. The summed E-state index contributed by atoms with van der Waals surface area (Å²) in [4.78, 5) is 0. The fourth-order valence-electron chi connectivity index (χ4n) is 3.37. The summed E-state index contributed by atoms with van der Waals surface area (Å²) in [6, 6.07) is 6.42. The molecule has 134 valence electrons. The van der Waals surface area contributed by atoms with Crippen LogP contribution in [0.15, 0.2) is 29.8 Å². The van der Waals surface area contributed by atoms with Gasteiger partial charge in [0.25, 0.3) is 0 Å². The minimum Gasteiger partial charge on any atom is -0.491 e. The molecule has 0 aliphatic carbocycles. The van der Waals surface area contributed by atoms with E-state index in [0.29, 0.717) is 6.61 Å². The maximum absolute atomic E-state index is 10.4. The standard InChI is InChI=1S/C20H32N2O2/c1-14-9-8-10-15(2)18(14)24-13-16(3)21-12-17-11-19(4,5)22(23)20(17,6)7/h8-11,16,21,23H,12-13H2,1-7H3. The van der Waals surface area contributed by atoms with Crippen molar-refractivity contribution in [3.05, 3.63) is 41.0 Å². The first-order chi connectivity index (χ1) is 11.1. The predicted octanol–water partition coefficient (Wildman–Crippen LogP) is 3.85. The Balaban J connectivity index is 1.91. The largest absolute Gasteiger partial charge is 0.491 e. The molecule has 4 nitrogen and oxygen atoms in total. The zero-order valence-corrected chi connectivity index (χ0v) is 16.1. The van der Waals surface area contributed by atoms with Crippen molar-refractivity contribution in [1.29, 1.82) is 0 Å². The highest BCUT2D eigenvalue weighted by molar-refractivity contribution is 5.39. The Morgan fingerprint density at radius 1 is 1.17 bits per heavy atom. The van der Waals surface area contributed by atoms with Crippen LogP contribution in [0, 0.1) is 13.8 Å². The third kappa shape index (κ3) is 3.82.